The van der Waals surface area contributed by atoms with E-state index in [9.17, 15) is 5.11 Å². The molecular formula is C9H11N5O3. The van der Waals surface area contributed by atoms with E-state index >= 15 is 0 Å². The number of rotatable bonds is 3. The molecule has 3 N–H and O–H groups in total. The standard InChI is InChI=1S/C9H11N5O3/c1-16-8(17-2)4-3-11-6-5(12-4)7(15)14-9(10)13-6/h3,8H,1-2H3,(H3,10,11,13,14,15). The van der Waals surface area contributed by atoms with Crippen molar-refractivity contribution < 1.29 is 14.6 Å². The van der Waals surface area contributed by atoms with Crippen LogP contribution in [-0.2, 0) is 9.47 Å². The lowest BCUT2D eigenvalue weighted by Gasteiger charge is -2.12. The predicted octanol–water partition coefficient (Wildman–Crippen LogP) is -0.00100. The molecule has 2 aromatic heterocycles. The number of ether oxygens (including phenoxy) is 2. The van der Waals surface area contributed by atoms with E-state index in [2.05, 4.69) is 19.9 Å². The summed E-state index contributed by atoms with van der Waals surface area (Å²) in [5.74, 6) is -0.389. The summed E-state index contributed by atoms with van der Waals surface area (Å²) in [4.78, 5) is 15.6. The van der Waals surface area contributed by atoms with Crippen LogP contribution in [0.15, 0.2) is 6.20 Å². The molecule has 90 valence electrons. The fraction of sp³-hybridized carbons (Fsp3) is 0.333. The molecule has 2 rings (SSSR count). The van der Waals surface area contributed by atoms with Gasteiger partial charge < -0.3 is 20.3 Å². The SMILES string of the molecule is COC(OC)c1cnc2nc(N)nc(O)c2n1. The second-order valence-corrected chi connectivity index (χ2v) is 3.18. The number of aromatic nitrogens is 4. The van der Waals surface area contributed by atoms with E-state index in [0.29, 0.717) is 5.69 Å². The normalized spacial score (nSPS) is 11.2. The Balaban J connectivity index is 2.57. The minimum absolute atomic E-state index is 0.0629. The van der Waals surface area contributed by atoms with Crippen LogP contribution in [0.2, 0.25) is 0 Å². The van der Waals surface area contributed by atoms with Crippen LogP contribution in [0.25, 0.3) is 11.2 Å². The van der Waals surface area contributed by atoms with Gasteiger partial charge in [0.15, 0.2) is 11.2 Å². The van der Waals surface area contributed by atoms with Gasteiger partial charge in [-0.3, -0.25) is 0 Å². The number of hydrogen-bond donors (Lipinski definition) is 2. The Morgan fingerprint density at radius 2 is 1.94 bits per heavy atom. The van der Waals surface area contributed by atoms with Crippen molar-refractivity contribution in [2.75, 3.05) is 20.0 Å². The lowest BCUT2D eigenvalue weighted by molar-refractivity contribution is -0.108. The second-order valence-electron chi connectivity index (χ2n) is 3.18. The molecular weight excluding hydrogens is 226 g/mol. The lowest BCUT2D eigenvalue weighted by atomic mass is 10.4. The zero-order valence-electron chi connectivity index (χ0n) is 9.28. The molecule has 0 amide bonds. The average molecular weight is 237 g/mol. The van der Waals surface area contributed by atoms with Crippen molar-refractivity contribution in [3.63, 3.8) is 0 Å². The van der Waals surface area contributed by atoms with Gasteiger partial charge >= 0.3 is 0 Å². The molecule has 2 aromatic rings. The van der Waals surface area contributed by atoms with Crippen molar-refractivity contribution in [3.05, 3.63) is 11.9 Å². The number of hydrogen-bond acceptors (Lipinski definition) is 8. The fourth-order valence-corrected chi connectivity index (χ4v) is 1.37. The Labute approximate surface area is 96.4 Å². The van der Waals surface area contributed by atoms with E-state index in [4.69, 9.17) is 15.2 Å². The number of nitrogens with two attached hydrogens (primary N) is 1. The van der Waals surface area contributed by atoms with Crippen molar-refractivity contribution in [2.24, 2.45) is 0 Å². The van der Waals surface area contributed by atoms with E-state index in [0.717, 1.165) is 0 Å². The van der Waals surface area contributed by atoms with Gasteiger partial charge in [0.2, 0.25) is 18.1 Å². The summed E-state index contributed by atoms with van der Waals surface area (Å²) < 4.78 is 10.1. The highest BCUT2D eigenvalue weighted by Crippen LogP contribution is 2.21. The number of anilines is 1. The van der Waals surface area contributed by atoms with Gasteiger partial charge in [-0.05, 0) is 0 Å². The molecule has 0 saturated carbocycles. The highest BCUT2D eigenvalue weighted by Gasteiger charge is 2.15. The summed E-state index contributed by atoms with van der Waals surface area (Å²) in [7, 11) is 2.94. The first kappa shape index (κ1) is 11.4. The number of aromatic hydroxyl groups is 1. The number of nitrogens with zero attached hydrogens (tertiary/aromatic N) is 4. The lowest BCUT2D eigenvalue weighted by Crippen LogP contribution is -2.08. The van der Waals surface area contributed by atoms with Gasteiger partial charge in [-0.2, -0.15) is 9.97 Å². The maximum atomic E-state index is 9.59. The first-order valence-electron chi connectivity index (χ1n) is 4.70. The third-order valence-electron chi connectivity index (χ3n) is 2.09. The van der Waals surface area contributed by atoms with E-state index < -0.39 is 6.29 Å². The predicted molar refractivity (Wildman–Crippen MR) is 58.0 cm³/mol. The van der Waals surface area contributed by atoms with Crippen LogP contribution < -0.4 is 5.73 Å². The van der Waals surface area contributed by atoms with E-state index in [1.165, 1.54) is 20.4 Å². The Bertz CT molecular complexity index is 543. The summed E-state index contributed by atoms with van der Waals surface area (Å²) in [5, 5.41) is 9.59. The van der Waals surface area contributed by atoms with Crippen LogP contribution in [0, 0.1) is 0 Å². The minimum atomic E-state index is -0.663. The van der Waals surface area contributed by atoms with E-state index in [-0.39, 0.29) is 23.0 Å². The molecule has 0 fully saturated rings. The van der Waals surface area contributed by atoms with Gasteiger partial charge in [-0.25, -0.2) is 9.97 Å². The molecule has 0 aliphatic carbocycles. The van der Waals surface area contributed by atoms with Gasteiger partial charge in [0.05, 0.1) is 6.20 Å². The molecule has 0 unspecified atom stereocenters. The highest BCUT2D eigenvalue weighted by atomic mass is 16.7. The first-order chi connectivity index (χ1) is 8.15. The van der Waals surface area contributed by atoms with E-state index in [1.54, 1.807) is 0 Å². The Morgan fingerprint density at radius 3 is 2.59 bits per heavy atom. The maximum Gasteiger partial charge on any atom is 0.244 e. The fourth-order valence-electron chi connectivity index (χ4n) is 1.37. The summed E-state index contributed by atoms with van der Waals surface area (Å²) in [6.07, 6.45) is 0.773. The minimum Gasteiger partial charge on any atom is -0.492 e. The van der Waals surface area contributed by atoms with Crippen molar-refractivity contribution in [3.8, 4) is 5.88 Å². The molecule has 0 bridgehead atoms. The number of nitrogen functional groups attached to an aromatic ring is 1. The van der Waals surface area contributed by atoms with E-state index in [1.807, 2.05) is 0 Å². The van der Waals surface area contributed by atoms with Gasteiger partial charge in [-0.15, -0.1) is 0 Å². The third kappa shape index (κ3) is 2.08. The summed E-state index contributed by atoms with van der Waals surface area (Å²) in [6, 6.07) is 0. The zero-order valence-corrected chi connectivity index (χ0v) is 9.28. The molecule has 2 heterocycles. The first-order valence-corrected chi connectivity index (χ1v) is 4.70. The highest BCUT2D eigenvalue weighted by molar-refractivity contribution is 5.75. The topological polar surface area (TPSA) is 116 Å². The number of fused-ring (bicyclic) bond motifs is 1. The van der Waals surface area contributed by atoms with Crippen molar-refractivity contribution in [1.82, 2.24) is 19.9 Å². The Kier molecular flexibility index (Phi) is 2.98. The maximum absolute atomic E-state index is 9.59. The second kappa shape index (κ2) is 4.44. The van der Waals surface area contributed by atoms with Gasteiger partial charge in [0.1, 0.15) is 5.69 Å². The molecule has 0 aliphatic rings. The third-order valence-corrected chi connectivity index (χ3v) is 2.09. The number of methoxy groups -OCH3 is 2. The average Bonchev–Trinajstić information content (AvgIpc) is 2.31. The molecule has 8 heteroatoms. The quantitative estimate of drug-likeness (QED) is 0.716. The zero-order chi connectivity index (χ0) is 12.4. The Hall–Kier alpha value is -2.06. The molecule has 0 spiro atoms. The van der Waals surface area contributed by atoms with Crippen LogP contribution in [0.4, 0.5) is 5.95 Å². The van der Waals surface area contributed by atoms with Gasteiger partial charge in [0.25, 0.3) is 0 Å². The van der Waals surface area contributed by atoms with Gasteiger partial charge in [-0.1, -0.05) is 0 Å². The van der Waals surface area contributed by atoms with Crippen LogP contribution >= 0.6 is 0 Å². The molecule has 0 saturated heterocycles. The Morgan fingerprint density at radius 1 is 1.24 bits per heavy atom. The summed E-state index contributed by atoms with van der Waals surface area (Å²) in [6.45, 7) is 0. The molecule has 0 radical (unpaired) electrons. The molecule has 0 atom stereocenters. The van der Waals surface area contributed by atoms with Crippen LogP contribution in [0.5, 0.6) is 5.88 Å². The summed E-state index contributed by atoms with van der Waals surface area (Å²) >= 11 is 0. The van der Waals surface area contributed by atoms with Crippen LogP contribution in [0.1, 0.15) is 12.0 Å². The van der Waals surface area contributed by atoms with Crippen LogP contribution in [-0.4, -0.2) is 39.3 Å². The van der Waals surface area contributed by atoms with Crippen molar-refractivity contribution in [1.29, 1.82) is 0 Å². The molecule has 17 heavy (non-hydrogen) atoms. The smallest absolute Gasteiger partial charge is 0.244 e. The molecule has 8 nitrogen and oxygen atoms in total. The largest absolute Gasteiger partial charge is 0.492 e. The van der Waals surface area contributed by atoms with Gasteiger partial charge in [0, 0.05) is 14.2 Å². The van der Waals surface area contributed by atoms with Crippen molar-refractivity contribution >= 4 is 17.1 Å². The molecule has 0 aliphatic heterocycles. The summed E-state index contributed by atoms with van der Waals surface area (Å²) in [5.41, 5.74) is 6.15. The molecule has 0 aromatic carbocycles. The van der Waals surface area contributed by atoms with Crippen molar-refractivity contribution in [2.45, 2.75) is 6.29 Å². The van der Waals surface area contributed by atoms with Crippen LogP contribution in [0.3, 0.4) is 0 Å². The monoisotopic (exact) mass is 237 g/mol.